The predicted octanol–water partition coefficient (Wildman–Crippen LogP) is 3.04. The van der Waals surface area contributed by atoms with Gasteiger partial charge in [0, 0.05) is 63.3 Å². The molecule has 3 aromatic rings. The number of hydrogen-bond donors (Lipinski definition) is 0. The minimum Gasteiger partial charge on any atom is -0.492 e. The van der Waals surface area contributed by atoms with Gasteiger partial charge < -0.3 is 14.5 Å². The van der Waals surface area contributed by atoms with Crippen molar-refractivity contribution in [3.63, 3.8) is 0 Å². The third-order valence-electron chi connectivity index (χ3n) is 6.45. The molecule has 3 aromatic heterocycles. The molecule has 5 heterocycles. The Morgan fingerprint density at radius 2 is 2.00 bits per heavy atom. The van der Waals surface area contributed by atoms with E-state index >= 15 is 0 Å². The van der Waals surface area contributed by atoms with Crippen molar-refractivity contribution in [1.82, 2.24) is 24.4 Å². The number of anilines is 1. The van der Waals surface area contributed by atoms with Gasteiger partial charge in [-0.05, 0) is 30.7 Å². The standard InChI is InChI=1S/C26H30N8O/c1-3-13-35-22-14-23(26-21(15-27)17-30-34(26)18-22)20-5-6-24(29-16-20)33-11-9-32(10-12-33)19-25-28-7-4-8-31(25)2/h4-7,14,16-18H,3,8-13,19H2,1-2H3. The Hall–Kier alpha value is -3.90. The van der Waals surface area contributed by atoms with Crippen molar-refractivity contribution in [3.8, 4) is 22.9 Å². The Balaban J connectivity index is 1.31. The monoisotopic (exact) mass is 470 g/mol. The third kappa shape index (κ3) is 4.84. The number of fused-ring (bicyclic) bond motifs is 1. The van der Waals surface area contributed by atoms with Gasteiger partial charge in [-0.15, -0.1) is 0 Å². The summed E-state index contributed by atoms with van der Waals surface area (Å²) >= 11 is 0. The van der Waals surface area contributed by atoms with Crippen LogP contribution < -0.4 is 9.64 Å². The van der Waals surface area contributed by atoms with Crippen LogP contribution in [0.1, 0.15) is 18.9 Å². The highest BCUT2D eigenvalue weighted by Crippen LogP contribution is 2.31. The van der Waals surface area contributed by atoms with Crippen LogP contribution in [0.5, 0.6) is 5.75 Å². The number of pyridine rings is 2. The molecule has 9 heteroatoms. The zero-order chi connectivity index (χ0) is 24.2. The molecule has 0 atom stereocenters. The van der Waals surface area contributed by atoms with Crippen LogP contribution in [0.3, 0.4) is 0 Å². The van der Waals surface area contributed by atoms with E-state index in [0.717, 1.165) is 79.7 Å². The van der Waals surface area contributed by atoms with Crippen LogP contribution in [-0.4, -0.2) is 83.2 Å². The Kier molecular flexibility index (Phi) is 6.64. The molecule has 0 aliphatic carbocycles. The summed E-state index contributed by atoms with van der Waals surface area (Å²) in [7, 11) is 2.09. The Morgan fingerprint density at radius 1 is 1.14 bits per heavy atom. The number of nitrogens with zero attached hydrogens (tertiary/aromatic N) is 8. The first kappa shape index (κ1) is 22.9. The average Bonchev–Trinajstić information content (AvgIpc) is 3.32. The summed E-state index contributed by atoms with van der Waals surface area (Å²) < 4.78 is 7.58. The molecule has 1 saturated heterocycles. The molecule has 2 aliphatic rings. The smallest absolute Gasteiger partial charge is 0.138 e. The molecule has 0 spiro atoms. The van der Waals surface area contributed by atoms with E-state index in [4.69, 9.17) is 9.72 Å². The maximum Gasteiger partial charge on any atom is 0.138 e. The summed E-state index contributed by atoms with van der Waals surface area (Å²) in [5.41, 5.74) is 3.13. The summed E-state index contributed by atoms with van der Waals surface area (Å²) in [6, 6.07) is 8.36. The van der Waals surface area contributed by atoms with Crippen molar-refractivity contribution in [1.29, 1.82) is 5.26 Å². The van der Waals surface area contributed by atoms with E-state index in [1.165, 1.54) is 0 Å². The molecule has 0 unspecified atom stereocenters. The van der Waals surface area contributed by atoms with E-state index in [1.807, 2.05) is 24.7 Å². The van der Waals surface area contributed by atoms with Crippen molar-refractivity contribution in [2.75, 3.05) is 57.8 Å². The van der Waals surface area contributed by atoms with Crippen LogP contribution in [-0.2, 0) is 0 Å². The number of likely N-dealkylation sites (N-methyl/N-ethyl adjacent to an activating group) is 1. The second-order valence-electron chi connectivity index (χ2n) is 8.88. The molecule has 0 saturated carbocycles. The molecule has 0 amide bonds. The largest absolute Gasteiger partial charge is 0.492 e. The molecule has 9 nitrogen and oxygen atoms in total. The zero-order valence-electron chi connectivity index (χ0n) is 20.3. The van der Waals surface area contributed by atoms with Gasteiger partial charge in [0.05, 0.1) is 36.6 Å². The number of nitriles is 1. The van der Waals surface area contributed by atoms with Crippen LogP contribution in [0.4, 0.5) is 5.82 Å². The lowest BCUT2D eigenvalue weighted by molar-refractivity contribution is 0.282. The first-order valence-electron chi connectivity index (χ1n) is 12.1. The summed E-state index contributed by atoms with van der Waals surface area (Å²) in [5, 5.41) is 13.9. The van der Waals surface area contributed by atoms with E-state index in [0.29, 0.717) is 12.2 Å². The van der Waals surface area contributed by atoms with Crippen molar-refractivity contribution in [2.45, 2.75) is 13.3 Å². The first-order chi connectivity index (χ1) is 17.2. The molecular formula is C26H30N8O. The Bertz CT molecular complexity index is 1280. The van der Waals surface area contributed by atoms with Gasteiger partial charge in [-0.25, -0.2) is 14.5 Å². The summed E-state index contributed by atoms with van der Waals surface area (Å²) in [6.45, 7) is 8.28. The molecule has 180 valence electrons. The van der Waals surface area contributed by atoms with Crippen molar-refractivity contribution in [3.05, 3.63) is 54.6 Å². The van der Waals surface area contributed by atoms with E-state index in [2.05, 4.69) is 63.0 Å². The van der Waals surface area contributed by atoms with Gasteiger partial charge in [0.1, 0.15) is 23.5 Å². The number of aromatic nitrogens is 3. The maximum atomic E-state index is 9.59. The highest BCUT2D eigenvalue weighted by molar-refractivity contribution is 5.86. The normalized spacial score (nSPS) is 16.4. The fourth-order valence-corrected chi connectivity index (χ4v) is 4.47. The lowest BCUT2D eigenvalue weighted by Crippen LogP contribution is -2.50. The average molecular weight is 471 g/mol. The Labute approximate surface area is 205 Å². The second kappa shape index (κ2) is 10.2. The molecule has 35 heavy (non-hydrogen) atoms. The van der Waals surface area contributed by atoms with E-state index in [-0.39, 0.29) is 0 Å². The van der Waals surface area contributed by atoms with Gasteiger partial charge in [-0.1, -0.05) is 6.92 Å². The van der Waals surface area contributed by atoms with E-state index in [1.54, 1.807) is 10.7 Å². The van der Waals surface area contributed by atoms with Crippen LogP contribution in [0.15, 0.2) is 54.1 Å². The van der Waals surface area contributed by atoms with Crippen molar-refractivity contribution >= 4 is 17.2 Å². The molecule has 2 aliphatic heterocycles. The first-order valence-corrected chi connectivity index (χ1v) is 12.1. The summed E-state index contributed by atoms with van der Waals surface area (Å²) in [4.78, 5) is 16.3. The van der Waals surface area contributed by atoms with E-state index < -0.39 is 0 Å². The third-order valence-corrected chi connectivity index (χ3v) is 6.45. The lowest BCUT2D eigenvalue weighted by atomic mass is 10.1. The van der Waals surface area contributed by atoms with Crippen LogP contribution in [0, 0.1) is 11.3 Å². The number of amidine groups is 1. The van der Waals surface area contributed by atoms with E-state index in [9.17, 15) is 5.26 Å². The minimum atomic E-state index is 0.533. The fourth-order valence-electron chi connectivity index (χ4n) is 4.47. The minimum absolute atomic E-state index is 0.533. The van der Waals surface area contributed by atoms with Crippen molar-refractivity contribution < 1.29 is 4.74 Å². The van der Waals surface area contributed by atoms with Crippen molar-refractivity contribution in [2.24, 2.45) is 4.99 Å². The topological polar surface area (TPSA) is 85.3 Å². The number of hydrogen-bond acceptors (Lipinski definition) is 8. The molecule has 0 aromatic carbocycles. The molecule has 1 fully saturated rings. The van der Waals surface area contributed by atoms with Gasteiger partial charge >= 0.3 is 0 Å². The summed E-state index contributed by atoms with van der Waals surface area (Å²) in [5.74, 6) is 2.81. The number of rotatable bonds is 7. The van der Waals surface area contributed by atoms with Gasteiger partial charge in [0.15, 0.2) is 0 Å². The maximum absolute atomic E-state index is 9.59. The van der Waals surface area contributed by atoms with Crippen LogP contribution in [0.25, 0.3) is 16.6 Å². The number of ether oxygens (including phenoxy) is 1. The predicted molar refractivity (Wildman–Crippen MR) is 137 cm³/mol. The summed E-state index contributed by atoms with van der Waals surface area (Å²) in [6.07, 6.45) is 10.2. The lowest BCUT2D eigenvalue weighted by Gasteiger charge is -2.36. The van der Waals surface area contributed by atoms with Gasteiger partial charge in [-0.3, -0.25) is 4.90 Å². The molecule has 0 radical (unpaired) electrons. The molecular weight excluding hydrogens is 440 g/mol. The zero-order valence-corrected chi connectivity index (χ0v) is 20.3. The Morgan fingerprint density at radius 3 is 2.71 bits per heavy atom. The fraction of sp³-hybridized carbons (Fsp3) is 0.385. The quantitative estimate of drug-likeness (QED) is 0.525. The van der Waals surface area contributed by atoms with Crippen LogP contribution >= 0.6 is 0 Å². The molecule has 5 rings (SSSR count). The number of aliphatic imine (C=N–C) groups is 1. The second-order valence-corrected chi connectivity index (χ2v) is 8.88. The van der Waals surface area contributed by atoms with Gasteiger partial charge in [-0.2, -0.15) is 10.4 Å². The highest BCUT2D eigenvalue weighted by atomic mass is 16.5. The van der Waals surface area contributed by atoms with Gasteiger partial charge in [0.25, 0.3) is 0 Å². The number of piperazine rings is 1. The highest BCUT2D eigenvalue weighted by Gasteiger charge is 2.21. The molecule has 0 N–H and O–H groups in total. The SMILES string of the molecule is CCCOc1cc(-c2ccc(N3CCN(CC4=NC=CCN4C)CC3)nc2)c2c(C#N)cnn2c1. The van der Waals surface area contributed by atoms with Gasteiger partial charge in [0.2, 0.25) is 0 Å². The molecule has 0 bridgehead atoms. The van der Waals surface area contributed by atoms with Crippen LogP contribution in [0.2, 0.25) is 0 Å².